The first-order valence-corrected chi connectivity index (χ1v) is 5.63. The van der Waals surface area contributed by atoms with E-state index in [1.54, 1.807) is 12.1 Å². The van der Waals surface area contributed by atoms with Crippen molar-refractivity contribution in [3.63, 3.8) is 0 Å². The number of para-hydroxylation sites is 2. The minimum atomic E-state index is 0.320. The maximum absolute atomic E-state index is 9.59. The molecule has 2 N–H and O–H groups in total. The Kier molecular flexibility index (Phi) is 3.66. The van der Waals surface area contributed by atoms with E-state index in [0.717, 1.165) is 11.1 Å². The summed E-state index contributed by atoms with van der Waals surface area (Å²) in [6, 6.07) is 14.6. The van der Waals surface area contributed by atoms with Crippen molar-refractivity contribution in [3.8, 4) is 11.5 Å². The third-order valence-corrected chi connectivity index (χ3v) is 2.71. The molecule has 0 aromatic heterocycles. The molecule has 0 fully saturated rings. The van der Waals surface area contributed by atoms with Crippen LogP contribution in [0, 0.1) is 6.42 Å². The quantitative estimate of drug-likeness (QED) is 0.842. The molecular weight excluding hydrogens is 212 g/mol. The molecule has 0 atom stereocenters. The smallest absolute Gasteiger partial charge is 0.118 e. The van der Waals surface area contributed by atoms with Crippen LogP contribution in [0.2, 0.25) is 0 Å². The second kappa shape index (κ2) is 5.39. The fraction of sp³-hybridized carbons (Fsp3) is 0.133. The van der Waals surface area contributed by atoms with Gasteiger partial charge in [0, 0.05) is 0 Å². The number of hydrogen-bond acceptors (Lipinski definition) is 2. The number of phenolic OH excluding ortho intramolecular Hbond substituents is 2. The van der Waals surface area contributed by atoms with E-state index < -0.39 is 0 Å². The summed E-state index contributed by atoms with van der Waals surface area (Å²) in [4.78, 5) is 0. The molecule has 0 saturated carbocycles. The Morgan fingerprint density at radius 2 is 1.12 bits per heavy atom. The highest BCUT2D eigenvalue weighted by Crippen LogP contribution is 2.20. The van der Waals surface area contributed by atoms with E-state index in [4.69, 9.17) is 0 Å². The third-order valence-electron chi connectivity index (χ3n) is 2.71. The summed E-state index contributed by atoms with van der Waals surface area (Å²) in [5.41, 5.74) is 1.81. The highest BCUT2D eigenvalue weighted by molar-refractivity contribution is 5.35. The van der Waals surface area contributed by atoms with Crippen LogP contribution in [0.5, 0.6) is 11.5 Å². The minimum absolute atomic E-state index is 0.320. The van der Waals surface area contributed by atoms with Crippen LogP contribution in [0.15, 0.2) is 48.5 Å². The summed E-state index contributed by atoms with van der Waals surface area (Å²) in [7, 11) is 0. The zero-order valence-corrected chi connectivity index (χ0v) is 9.50. The Morgan fingerprint density at radius 1 is 0.706 bits per heavy atom. The first-order chi connectivity index (χ1) is 8.27. The zero-order valence-electron chi connectivity index (χ0n) is 9.50. The van der Waals surface area contributed by atoms with Crippen LogP contribution in [0.25, 0.3) is 0 Å². The molecule has 87 valence electrons. The van der Waals surface area contributed by atoms with Gasteiger partial charge in [0.2, 0.25) is 0 Å². The van der Waals surface area contributed by atoms with Crippen LogP contribution in [-0.4, -0.2) is 10.2 Å². The van der Waals surface area contributed by atoms with Gasteiger partial charge in [-0.2, -0.15) is 0 Å². The van der Waals surface area contributed by atoms with E-state index >= 15 is 0 Å². The molecular formula is C15H15O2. The van der Waals surface area contributed by atoms with E-state index in [1.807, 2.05) is 42.8 Å². The number of hydrogen-bond donors (Lipinski definition) is 2. The summed E-state index contributed by atoms with van der Waals surface area (Å²) >= 11 is 0. The number of benzene rings is 2. The van der Waals surface area contributed by atoms with Gasteiger partial charge in [0.15, 0.2) is 0 Å². The highest BCUT2D eigenvalue weighted by atomic mass is 16.3. The molecule has 0 amide bonds. The standard InChI is InChI=1S/C15H15O2/c16-14-10-3-1-6-12(14)8-5-9-13-7-2-4-11-15(13)17/h1-7,10-11,16-17H,8-9H2. The monoisotopic (exact) mass is 227 g/mol. The minimum Gasteiger partial charge on any atom is -0.508 e. The van der Waals surface area contributed by atoms with Gasteiger partial charge in [-0.1, -0.05) is 36.4 Å². The van der Waals surface area contributed by atoms with E-state index in [0.29, 0.717) is 24.3 Å². The third kappa shape index (κ3) is 3.00. The molecule has 2 aromatic carbocycles. The molecule has 0 spiro atoms. The first kappa shape index (κ1) is 11.5. The van der Waals surface area contributed by atoms with Crippen molar-refractivity contribution in [2.75, 3.05) is 0 Å². The Hall–Kier alpha value is -1.96. The molecule has 0 bridgehead atoms. The average Bonchev–Trinajstić information content (AvgIpc) is 2.34. The largest absolute Gasteiger partial charge is 0.508 e. The summed E-state index contributed by atoms with van der Waals surface area (Å²) < 4.78 is 0. The van der Waals surface area contributed by atoms with Crippen LogP contribution < -0.4 is 0 Å². The number of rotatable bonds is 4. The number of phenols is 2. The highest BCUT2D eigenvalue weighted by Gasteiger charge is 2.02. The molecule has 0 heterocycles. The number of aromatic hydroxyl groups is 2. The van der Waals surface area contributed by atoms with Crippen LogP contribution in [0.3, 0.4) is 0 Å². The van der Waals surface area contributed by atoms with Gasteiger partial charge in [-0.25, -0.2) is 0 Å². The summed E-state index contributed by atoms with van der Waals surface area (Å²) in [5.74, 6) is 0.641. The van der Waals surface area contributed by atoms with E-state index in [2.05, 4.69) is 0 Å². The lowest BCUT2D eigenvalue weighted by Gasteiger charge is -2.05. The average molecular weight is 227 g/mol. The fourth-order valence-corrected chi connectivity index (χ4v) is 1.75. The maximum atomic E-state index is 9.59. The van der Waals surface area contributed by atoms with Crippen molar-refractivity contribution >= 4 is 0 Å². The zero-order chi connectivity index (χ0) is 12.1. The van der Waals surface area contributed by atoms with Gasteiger partial charge in [0.05, 0.1) is 0 Å². The Labute approximate surface area is 101 Å². The van der Waals surface area contributed by atoms with E-state index in [1.165, 1.54) is 0 Å². The predicted molar refractivity (Wildman–Crippen MR) is 67.9 cm³/mol. The molecule has 17 heavy (non-hydrogen) atoms. The van der Waals surface area contributed by atoms with Crippen LogP contribution in [0.1, 0.15) is 11.1 Å². The Morgan fingerprint density at radius 3 is 1.53 bits per heavy atom. The normalized spacial score (nSPS) is 10.4. The lowest BCUT2D eigenvalue weighted by Crippen LogP contribution is -1.92. The van der Waals surface area contributed by atoms with Crippen LogP contribution >= 0.6 is 0 Å². The van der Waals surface area contributed by atoms with Crippen molar-refractivity contribution in [1.29, 1.82) is 0 Å². The van der Waals surface area contributed by atoms with E-state index in [-0.39, 0.29) is 0 Å². The van der Waals surface area contributed by atoms with Crippen molar-refractivity contribution in [1.82, 2.24) is 0 Å². The van der Waals surface area contributed by atoms with Crippen molar-refractivity contribution in [2.24, 2.45) is 0 Å². The van der Waals surface area contributed by atoms with Gasteiger partial charge in [-0.15, -0.1) is 0 Å². The van der Waals surface area contributed by atoms with Crippen molar-refractivity contribution in [2.45, 2.75) is 12.8 Å². The molecule has 0 aliphatic heterocycles. The lowest BCUT2D eigenvalue weighted by molar-refractivity contribution is 0.467. The van der Waals surface area contributed by atoms with Gasteiger partial charge in [0.1, 0.15) is 11.5 Å². The van der Waals surface area contributed by atoms with Crippen molar-refractivity contribution in [3.05, 3.63) is 66.1 Å². The molecule has 2 rings (SSSR count). The Bertz CT molecular complexity index is 446. The molecule has 0 aliphatic rings. The summed E-state index contributed by atoms with van der Waals surface area (Å²) in [6.45, 7) is 0. The lowest BCUT2D eigenvalue weighted by atomic mass is 10.0. The molecule has 2 nitrogen and oxygen atoms in total. The second-order valence-electron chi connectivity index (χ2n) is 3.95. The molecule has 1 radical (unpaired) electrons. The van der Waals surface area contributed by atoms with Crippen LogP contribution in [-0.2, 0) is 12.8 Å². The van der Waals surface area contributed by atoms with Crippen LogP contribution in [0.4, 0.5) is 0 Å². The SMILES string of the molecule is Oc1ccccc1C[CH]Cc1ccccc1O. The second-order valence-corrected chi connectivity index (χ2v) is 3.95. The molecule has 2 aromatic rings. The fourth-order valence-electron chi connectivity index (χ4n) is 1.75. The molecule has 0 aliphatic carbocycles. The van der Waals surface area contributed by atoms with Gasteiger partial charge < -0.3 is 10.2 Å². The molecule has 2 heteroatoms. The topological polar surface area (TPSA) is 40.5 Å². The summed E-state index contributed by atoms with van der Waals surface area (Å²) in [5, 5.41) is 19.2. The predicted octanol–water partition coefficient (Wildman–Crippen LogP) is 3.09. The van der Waals surface area contributed by atoms with E-state index in [9.17, 15) is 10.2 Å². The first-order valence-electron chi connectivity index (χ1n) is 5.63. The molecule has 0 saturated heterocycles. The summed E-state index contributed by atoms with van der Waals surface area (Å²) in [6.07, 6.45) is 3.44. The molecule has 0 unspecified atom stereocenters. The van der Waals surface area contributed by atoms with Gasteiger partial charge in [0.25, 0.3) is 0 Å². The van der Waals surface area contributed by atoms with Gasteiger partial charge in [-0.05, 0) is 42.5 Å². The van der Waals surface area contributed by atoms with Gasteiger partial charge in [-0.3, -0.25) is 0 Å². The Balaban J connectivity index is 1.93. The van der Waals surface area contributed by atoms with Gasteiger partial charge >= 0.3 is 0 Å². The van der Waals surface area contributed by atoms with Crippen molar-refractivity contribution < 1.29 is 10.2 Å². The maximum Gasteiger partial charge on any atom is 0.118 e.